The van der Waals surface area contributed by atoms with Gasteiger partial charge in [0.2, 0.25) is 0 Å². The molecule has 0 amide bonds. The van der Waals surface area contributed by atoms with Crippen molar-refractivity contribution < 1.29 is 80.2 Å². The third-order valence-electron chi connectivity index (χ3n) is 16.4. The number of phosphoric acid groups is 2. The minimum Gasteiger partial charge on any atom is -0.462 e. The van der Waals surface area contributed by atoms with Gasteiger partial charge in [0.25, 0.3) is 0 Å². The first-order chi connectivity index (χ1) is 42.6. The number of carbonyl (C=O) groups excluding carboxylic acids is 4. The number of hydrogen-bond acceptors (Lipinski definition) is 15. The van der Waals surface area contributed by atoms with Crippen LogP contribution in [0.15, 0.2) is 0 Å². The van der Waals surface area contributed by atoms with E-state index < -0.39 is 97.5 Å². The maximum absolute atomic E-state index is 13.0. The minimum absolute atomic E-state index is 0.103. The van der Waals surface area contributed by atoms with Gasteiger partial charge in [0.15, 0.2) is 12.2 Å². The van der Waals surface area contributed by atoms with Crippen LogP contribution in [0.5, 0.6) is 0 Å². The molecule has 19 heteroatoms. The molecule has 0 aliphatic rings. The van der Waals surface area contributed by atoms with E-state index in [4.69, 9.17) is 37.0 Å². The fourth-order valence-electron chi connectivity index (χ4n) is 10.5. The number of rotatable bonds is 67. The summed E-state index contributed by atoms with van der Waals surface area (Å²) in [5, 5.41) is 10.6. The average Bonchev–Trinajstić information content (AvgIpc) is 3.67. The smallest absolute Gasteiger partial charge is 0.462 e. The van der Waals surface area contributed by atoms with Gasteiger partial charge in [0.1, 0.15) is 19.3 Å². The predicted molar refractivity (Wildman–Crippen MR) is 358 cm³/mol. The Morgan fingerprint density at radius 3 is 0.798 bits per heavy atom. The molecule has 0 heterocycles. The van der Waals surface area contributed by atoms with Crippen LogP contribution < -0.4 is 0 Å². The van der Waals surface area contributed by atoms with E-state index in [0.717, 1.165) is 120 Å². The van der Waals surface area contributed by atoms with Crippen molar-refractivity contribution in [2.75, 3.05) is 39.6 Å². The van der Waals surface area contributed by atoms with Crippen molar-refractivity contribution in [1.82, 2.24) is 0 Å². The maximum Gasteiger partial charge on any atom is 0.472 e. The summed E-state index contributed by atoms with van der Waals surface area (Å²) < 4.78 is 68.3. The highest BCUT2D eigenvalue weighted by Gasteiger charge is 2.30. The Morgan fingerprint density at radius 1 is 0.315 bits per heavy atom. The van der Waals surface area contributed by atoms with Crippen molar-refractivity contribution in [1.29, 1.82) is 0 Å². The molecule has 0 spiro atoms. The van der Waals surface area contributed by atoms with Crippen LogP contribution in [0.3, 0.4) is 0 Å². The first-order valence-corrected chi connectivity index (χ1v) is 39.2. The normalized spacial score (nSPS) is 14.6. The topological polar surface area (TPSA) is 237 Å². The highest BCUT2D eigenvalue weighted by Crippen LogP contribution is 2.45. The molecule has 0 aliphatic heterocycles. The molecule has 3 unspecified atom stereocenters. The molecule has 0 radical (unpaired) electrons. The molecule has 0 rings (SSSR count). The average molecular weight is 1310 g/mol. The van der Waals surface area contributed by atoms with Gasteiger partial charge in [-0.1, -0.05) is 293 Å². The fraction of sp³-hybridized carbons (Fsp3) is 0.943. The molecule has 0 saturated carbocycles. The van der Waals surface area contributed by atoms with Crippen LogP contribution in [0.4, 0.5) is 0 Å². The second-order valence-electron chi connectivity index (χ2n) is 26.9. The number of phosphoric ester groups is 2. The molecule has 17 nitrogen and oxygen atoms in total. The summed E-state index contributed by atoms with van der Waals surface area (Å²) in [6.45, 7) is 14.1. The van der Waals surface area contributed by atoms with Crippen LogP contribution >= 0.6 is 15.6 Å². The van der Waals surface area contributed by atoms with E-state index in [1.54, 1.807) is 0 Å². The van der Waals surface area contributed by atoms with Crippen molar-refractivity contribution in [3.05, 3.63) is 0 Å². The molecule has 3 N–H and O–H groups in total. The van der Waals surface area contributed by atoms with E-state index in [1.807, 2.05) is 0 Å². The predicted octanol–water partition coefficient (Wildman–Crippen LogP) is 19.7. The van der Waals surface area contributed by atoms with E-state index >= 15 is 0 Å². The summed E-state index contributed by atoms with van der Waals surface area (Å²) in [5.74, 6) is 0.848. The van der Waals surface area contributed by atoms with Crippen LogP contribution in [0, 0.1) is 23.7 Å². The van der Waals surface area contributed by atoms with Crippen LogP contribution in [0.1, 0.15) is 344 Å². The first-order valence-electron chi connectivity index (χ1n) is 36.2. The van der Waals surface area contributed by atoms with E-state index in [2.05, 4.69) is 55.4 Å². The molecule has 0 aromatic carbocycles. The van der Waals surface area contributed by atoms with E-state index in [1.165, 1.54) is 141 Å². The molecular formula is C70H136O17P2. The Morgan fingerprint density at radius 2 is 0.539 bits per heavy atom. The molecule has 0 fully saturated rings. The van der Waals surface area contributed by atoms with Crippen LogP contribution in [-0.2, 0) is 65.4 Å². The van der Waals surface area contributed by atoms with Gasteiger partial charge in [0.05, 0.1) is 26.4 Å². The van der Waals surface area contributed by atoms with Gasteiger partial charge in [0, 0.05) is 25.7 Å². The zero-order valence-corrected chi connectivity index (χ0v) is 59.8. The number of hydrogen-bond donors (Lipinski definition) is 3. The van der Waals surface area contributed by atoms with Crippen LogP contribution in [0.2, 0.25) is 0 Å². The fourth-order valence-corrected chi connectivity index (χ4v) is 12.0. The summed E-state index contributed by atoms with van der Waals surface area (Å²) in [5.41, 5.74) is 0. The number of ether oxygens (including phenoxy) is 4. The Bertz CT molecular complexity index is 1770. The van der Waals surface area contributed by atoms with Crippen molar-refractivity contribution in [2.45, 2.75) is 363 Å². The zero-order chi connectivity index (χ0) is 66.1. The standard InChI is InChI=1S/C70H136O17P2/c1-9-63(8)49-41-33-28-29-35-43-51-68(73)81-57-66(87-70(75)53-45-37-27-21-20-24-32-40-48-62(6)7)59-85-89(78,79)83-55-64(71)54-82-88(76,77)84-58-65(56-80-67(72)50-42-34-25-19-15-17-23-31-39-47-61(4)5)86-69(74)52-44-36-26-18-14-12-10-11-13-16-22-30-38-46-60(2)3/h60-66,71H,9-59H2,1-8H3,(H,76,77)(H,78,79)/t63?,64-,65-,66-/m1/s1. The van der Waals surface area contributed by atoms with E-state index in [-0.39, 0.29) is 25.7 Å². The van der Waals surface area contributed by atoms with Gasteiger partial charge in [-0.3, -0.25) is 37.3 Å². The lowest BCUT2D eigenvalue weighted by atomic mass is 10.00. The molecule has 0 bridgehead atoms. The molecule has 528 valence electrons. The molecular weight excluding hydrogens is 1170 g/mol. The monoisotopic (exact) mass is 1310 g/mol. The van der Waals surface area contributed by atoms with E-state index in [9.17, 15) is 43.2 Å². The summed E-state index contributed by atoms with van der Waals surface area (Å²) in [6, 6.07) is 0. The lowest BCUT2D eigenvalue weighted by Gasteiger charge is -2.21. The molecule has 89 heavy (non-hydrogen) atoms. The number of aliphatic hydroxyl groups excluding tert-OH is 1. The third kappa shape index (κ3) is 63.2. The lowest BCUT2D eigenvalue weighted by molar-refractivity contribution is -0.161. The summed E-state index contributed by atoms with van der Waals surface area (Å²) in [4.78, 5) is 72.5. The maximum atomic E-state index is 13.0. The van der Waals surface area contributed by atoms with Gasteiger partial charge in [-0.15, -0.1) is 0 Å². The number of aliphatic hydroxyl groups is 1. The molecule has 0 aliphatic carbocycles. The molecule has 0 aromatic heterocycles. The first kappa shape index (κ1) is 87.1. The molecule has 6 atom stereocenters. The Hall–Kier alpha value is -1.94. The zero-order valence-electron chi connectivity index (χ0n) is 58.1. The molecule has 0 saturated heterocycles. The largest absolute Gasteiger partial charge is 0.472 e. The summed E-state index contributed by atoms with van der Waals surface area (Å²) >= 11 is 0. The number of unbranched alkanes of at least 4 members (excludes halogenated alkanes) is 32. The Labute approximate surface area is 543 Å². The highest BCUT2D eigenvalue weighted by molar-refractivity contribution is 7.47. The van der Waals surface area contributed by atoms with Crippen molar-refractivity contribution in [3.8, 4) is 0 Å². The second kappa shape index (κ2) is 59.8. The van der Waals surface area contributed by atoms with Crippen LogP contribution in [0.25, 0.3) is 0 Å². The number of esters is 4. The molecule has 0 aromatic rings. The van der Waals surface area contributed by atoms with Gasteiger partial charge < -0.3 is 33.8 Å². The van der Waals surface area contributed by atoms with Crippen molar-refractivity contribution in [2.24, 2.45) is 23.7 Å². The number of carbonyl (C=O) groups is 4. The van der Waals surface area contributed by atoms with Gasteiger partial charge in [-0.05, 0) is 49.4 Å². The van der Waals surface area contributed by atoms with Crippen molar-refractivity contribution >= 4 is 39.5 Å². The Balaban J connectivity index is 5.25. The quantitative estimate of drug-likeness (QED) is 0.0222. The van der Waals surface area contributed by atoms with Crippen molar-refractivity contribution in [3.63, 3.8) is 0 Å². The lowest BCUT2D eigenvalue weighted by Crippen LogP contribution is -2.30. The van der Waals surface area contributed by atoms with Gasteiger partial charge in [-0.2, -0.15) is 0 Å². The SMILES string of the molecule is CCC(C)CCCCCCCCC(=O)OC[C@H](COP(=O)(O)OC[C@H](O)COP(=O)(O)OC[C@@H](COC(=O)CCCCCCCCCCCC(C)C)OC(=O)CCCCCCCCCCCCCCCC(C)C)OC(=O)CCCCCCCCCCC(C)C. The summed E-state index contributed by atoms with van der Waals surface area (Å²) in [6.07, 6.45) is 41.7. The van der Waals surface area contributed by atoms with E-state index in [0.29, 0.717) is 25.7 Å². The minimum atomic E-state index is -4.95. The van der Waals surface area contributed by atoms with Crippen LogP contribution in [-0.4, -0.2) is 96.7 Å². The van der Waals surface area contributed by atoms with Gasteiger partial charge in [-0.25, -0.2) is 9.13 Å². The van der Waals surface area contributed by atoms with Gasteiger partial charge >= 0.3 is 39.5 Å². The highest BCUT2D eigenvalue weighted by atomic mass is 31.2. The third-order valence-corrected chi connectivity index (χ3v) is 18.3. The summed E-state index contributed by atoms with van der Waals surface area (Å²) in [7, 11) is -9.90. The second-order valence-corrected chi connectivity index (χ2v) is 29.8. The Kier molecular flexibility index (Phi) is 58.5.